The van der Waals surface area contributed by atoms with Crippen molar-refractivity contribution in [2.45, 2.75) is 82.8 Å². The zero-order valence-electron chi connectivity index (χ0n) is 23.1. The van der Waals surface area contributed by atoms with Crippen molar-refractivity contribution in [3.8, 4) is 0 Å². The molecule has 9 nitrogen and oxygen atoms in total. The quantitative estimate of drug-likeness (QED) is 0.398. The van der Waals surface area contributed by atoms with Crippen LogP contribution in [0.5, 0.6) is 0 Å². The lowest BCUT2D eigenvalue weighted by molar-refractivity contribution is -0.900. The highest BCUT2D eigenvalue weighted by Crippen LogP contribution is 2.59. The first-order valence-corrected chi connectivity index (χ1v) is 14.8. The van der Waals surface area contributed by atoms with Gasteiger partial charge in [-0.2, -0.15) is 0 Å². The number of carbonyl (C=O) groups is 2. The number of nitrogens with two attached hydrogens (primary N) is 2. The summed E-state index contributed by atoms with van der Waals surface area (Å²) >= 11 is 0. The minimum Gasteiger partial charge on any atom is -0.384 e. The standard InChI is InChI=1S/C29H46N6O3/c1-21-23(9-10-26(30)33-21)20-35(15-5-8-24-19-29(24,35)28(31)37)27(36)25(18-22-6-3-2-4-7-22)32-11-12-34-13-16-38-17-14-34/h9-10,22,24-25,32H,2-8,11-20H2,1H3,(H3-,30,31,33,37)/p+1/t24-,25-,29+,35?/m1/s1. The summed E-state index contributed by atoms with van der Waals surface area (Å²) in [5, 5.41) is 3.71. The molecule has 2 aliphatic heterocycles. The van der Waals surface area contributed by atoms with Gasteiger partial charge in [0, 0.05) is 49.8 Å². The van der Waals surface area contributed by atoms with Gasteiger partial charge in [0.05, 0.1) is 19.8 Å². The van der Waals surface area contributed by atoms with Crippen LogP contribution in [0.3, 0.4) is 0 Å². The van der Waals surface area contributed by atoms with E-state index in [2.05, 4.69) is 15.2 Å². The highest BCUT2D eigenvalue weighted by molar-refractivity contribution is 5.91. The molecule has 210 valence electrons. The normalized spacial score (nSPS) is 30.9. The van der Waals surface area contributed by atoms with Crippen LogP contribution in [0.25, 0.3) is 0 Å². The fourth-order valence-corrected chi connectivity index (χ4v) is 7.72. The number of hydrogen-bond donors (Lipinski definition) is 3. The number of pyridine rings is 1. The van der Waals surface area contributed by atoms with Crippen molar-refractivity contribution < 1.29 is 18.8 Å². The monoisotopic (exact) mass is 527 g/mol. The van der Waals surface area contributed by atoms with Gasteiger partial charge in [0.25, 0.3) is 5.91 Å². The number of carbonyl (C=O) groups excluding carboxylic acids is 2. The fourth-order valence-electron chi connectivity index (χ4n) is 7.72. The van der Waals surface area contributed by atoms with Crippen LogP contribution in [0.4, 0.5) is 5.82 Å². The lowest BCUT2D eigenvalue weighted by Crippen LogP contribution is -2.71. The van der Waals surface area contributed by atoms with E-state index >= 15 is 0 Å². The fraction of sp³-hybridized carbons (Fsp3) is 0.759. The van der Waals surface area contributed by atoms with Crippen LogP contribution in [-0.4, -0.2) is 83.7 Å². The van der Waals surface area contributed by atoms with E-state index in [1.807, 2.05) is 13.0 Å². The van der Waals surface area contributed by atoms with E-state index in [4.69, 9.17) is 16.2 Å². The third kappa shape index (κ3) is 5.35. The van der Waals surface area contributed by atoms with Gasteiger partial charge in [-0.25, -0.2) is 14.3 Å². The number of piperidine rings is 1. The minimum absolute atomic E-state index is 0.126. The van der Waals surface area contributed by atoms with E-state index < -0.39 is 5.54 Å². The number of nitrogens with one attached hydrogen (secondary N) is 1. The Hall–Kier alpha value is -2.07. The molecule has 4 fully saturated rings. The number of rotatable bonds is 10. The van der Waals surface area contributed by atoms with E-state index in [9.17, 15) is 9.59 Å². The molecule has 5 N–H and O–H groups in total. The van der Waals surface area contributed by atoms with Gasteiger partial charge in [-0.05, 0) is 44.2 Å². The Labute approximate surface area is 227 Å². The molecule has 2 saturated heterocycles. The van der Waals surface area contributed by atoms with Gasteiger partial charge in [0.2, 0.25) is 0 Å². The first kappa shape index (κ1) is 27.5. The van der Waals surface area contributed by atoms with Gasteiger partial charge in [0.1, 0.15) is 18.4 Å². The highest BCUT2D eigenvalue weighted by atomic mass is 16.5. The third-order valence-electron chi connectivity index (χ3n) is 9.95. The number of morpholine rings is 1. The van der Waals surface area contributed by atoms with Gasteiger partial charge in [0.15, 0.2) is 5.54 Å². The Morgan fingerprint density at radius 3 is 2.66 bits per heavy atom. The number of hydrogen-bond acceptors (Lipinski definition) is 7. The summed E-state index contributed by atoms with van der Waals surface area (Å²) in [4.78, 5) is 35.0. The summed E-state index contributed by atoms with van der Waals surface area (Å²) in [7, 11) is 0. The molecule has 0 bridgehead atoms. The number of nitrogens with zero attached hydrogens (tertiary/aromatic N) is 3. The van der Waals surface area contributed by atoms with E-state index in [0.717, 1.165) is 69.9 Å². The van der Waals surface area contributed by atoms with E-state index in [1.54, 1.807) is 6.07 Å². The van der Waals surface area contributed by atoms with Crippen molar-refractivity contribution in [1.29, 1.82) is 0 Å². The number of quaternary nitrogens is 1. The SMILES string of the molecule is Cc1nc(N)ccc1C[N+]1(C(=O)[C@@H](CC2CCCCC2)NCCN2CCOCC2)CCC[C@@H]2C[C@@]21C(N)=O. The summed E-state index contributed by atoms with van der Waals surface area (Å²) in [6, 6.07) is 3.49. The molecule has 4 aliphatic rings. The Morgan fingerprint density at radius 2 is 1.95 bits per heavy atom. The number of aryl methyl sites for hydroxylation is 1. The summed E-state index contributed by atoms with van der Waals surface area (Å²) < 4.78 is 5.63. The summed E-state index contributed by atoms with van der Waals surface area (Å²) in [6.07, 6.45) is 9.56. The Kier molecular flexibility index (Phi) is 8.38. The van der Waals surface area contributed by atoms with Crippen LogP contribution in [-0.2, 0) is 20.9 Å². The zero-order chi connectivity index (χ0) is 26.8. The molecule has 2 saturated carbocycles. The van der Waals surface area contributed by atoms with Crippen molar-refractivity contribution in [2.24, 2.45) is 17.6 Å². The van der Waals surface area contributed by atoms with Crippen molar-refractivity contribution in [3.63, 3.8) is 0 Å². The van der Waals surface area contributed by atoms with Crippen LogP contribution >= 0.6 is 0 Å². The van der Waals surface area contributed by atoms with Crippen LogP contribution < -0.4 is 16.8 Å². The Bertz CT molecular complexity index is 1010. The Balaban J connectivity index is 1.44. The molecule has 3 heterocycles. The number of likely N-dealkylation sites (tertiary alicyclic amines) is 1. The number of fused-ring (bicyclic) bond motifs is 1. The van der Waals surface area contributed by atoms with Crippen molar-refractivity contribution in [2.75, 3.05) is 51.7 Å². The maximum absolute atomic E-state index is 14.9. The average Bonchev–Trinajstić information content (AvgIpc) is 3.68. The third-order valence-corrected chi connectivity index (χ3v) is 9.95. The maximum Gasteiger partial charge on any atom is 0.331 e. The molecule has 1 aromatic heterocycles. The van der Waals surface area contributed by atoms with Gasteiger partial charge in [-0.3, -0.25) is 9.69 Å². The minimum atomic E-state index is -0.806. The average molecular weight is 528 g/mol. The number of primary amides is 1. The van der Waals surface area contributed by atoms with E-state index in [1.165, 1.54) is 32.1 Å². The zero-order valence-corrected chi connectivity index (χ0v) is 23.1. The number of anilines is 1. The molecule has 2 amide bonds. The molecule has 0 aromatic carbocycles. The van der Waals surface area contributed by atoms with Crippen molar-refractivity contribution in [1.82, 2.24) is 15.2 Å². The molecule has 9 heteroatoms. The van der Waals surface area contributed by atoms with Crippen LogP contribution in [0.1, 0.15) is 69.0 Å². The molecule has 4 atom stereocenters. The topological polar surface area (TPSA) is 124 Å². The lowest BCUT2D eigenvalue weighted by atomic mass is 9.83. The van der Waals surface area contributed by atoms with Gasteiger partial charge in [-0.1, -0.05) is 32.1 Å². The van der Waals surface area contributed by atoms with Crippen LogP contribution in [0.2, 0.25) is 0 Å². The largest absolute Gasteiger partial charge is 0.384 e. The second kappa shape index (κ2) is 11.6. The second-order valence-corrected chi connectivity index (χ2v) is 12.2. The summed E-state index contributed by atoms with van der Waals surface area (Å²) in [6.45, 7) is 8.07. The van der Waals surface area contributed by atoms with Crippen molar-refractivity contribution >= 4 is 17.6 Å². The molecule has 5 rings (SSSR count). The molecule has 38 heavy (non-hydrogen) atoms. The predicted molar refractivity (Wildman–Crippen MR) is 147 cm³/mol. The van der Waals surface area contributed by atoms with E-state index in [0.29, 0.717) is 31.2 Å². The molecule has 2 aliphatic carbocycles. The number of aromatic nitrogens is 1. The number of ether oxygens (including phenoxy) is 1. The maximum atomic E-state index is 14.9. The first-order chi connectivity index (χ1) is 18.4. The van der Waals surface area contributed by atoms with Gasteiger partial charge in [-0.15, -0.1) is 0 Å². The van der Waals surface area contributed by atoms with E-state index in [-0.39, 0.29) is 28.3 Å². The molecular weight excluding hydrogens is 480 g/mol. The molecule has 0 spiro atoms. The lowest BCUT2D eigenvalue weighted by Gasteiger charge is -2.47. The predicted octanol–water partition coefficient (Wildman–Crippen LogP) is 2.11. The first-order valence-electron chi connectivity index (χ1n) is 14.8. The second-order valence-electron chi connectivity index (χ2n) is 12.2. The van der Waals surface area contributed by atoms with Crippen LogP contribution in [0, 0.1) is 18.8 Å². The Morgan fingerprint density at radius 1 is 1.18 bits per heavy atom. The van der Waals surface area contributed by atoms with Gasteiger partial charge >= 0.3 is 5.91 Å². The smallest absolute Gasteiger partial charge is 0.331 e. The molecule has 1 unspecified atom stereocenters. The molecule has 0 radical (unpaired) electrons. The van der Waals surface area contributed by atoms with Crippen molar-refractivity contribution in [3.05, 3.63) is 23.4 Å². The summed E-state index contributed by atoms with van der Waals surface area (Å²) in [5.41, 5.74) is 13.1. The summed E-state index contributed by atoms with van der Waals surface area (Å²) in [5.74, 6) is 1.02. The number of nitrogen functional groups attached to an aromatic ring is 1. The highest BCUT2D eigenvalue weighted by Gasteiger charge is 2.76. The van der Waals surface area contributed by atoms with Gasteiger partial charge < -0.3 is 21.5 Å². The number of amides is 2. The van der Waals surface area contributed by atoms with Crippen LogP contribution in [0.15, 0.2) is 12.1 Å². The molecular formula is C29H47N6O3+. The molecule has 1 aromatic rings.